The number of nitrogens with zero attached hydrogens (tertiary/aromatic N) is 3. The largest absolute Gasteiger partial charge is 0.444 e. The Hall–Kier alpha value is -2.73. The number of hydrogen-bond donors (Lipinski definition) is 0. The molecule has 1 atom stereocenters. The van der Waals surface area contributed by atoms with Crippen LogP contribution in [0.25, 0.3) is 10.9 Å². The van der Waals surface area contributed by atoms with Gasteiger partial charge in [-0.25, -0.2) is 4.79 Å². The molecule has 36 heavy (non-hydrogen) atoms. The molecule has 3 aromatic rings. The van der Waals surface area contributed by atoms with Gasteiger partial charge in [0.1, 0.15) is 5.60 Å². The molecule has 1 aliphatic rings. The maximum absolute atomic E-state index is 13.1. The molecular formula is C30H43N3O2Si. The molecule has 6 heteroatoms. The minimum absolute atomic E-state index is 0.0449. The van der Waals surface area contributed by atoms with Crippen LogP contribution in [0.5, 0.6) is 0 Å². The van der Waals surface area contributed by atoms with E-state index >= 15 is 0 Å². The van der Waals surface area contributed by atoms with Gasteiger partial charge in [0.05, 0.1) is 6.04 Å². The Morgan fingerprint density at radius 1 is 0.972 bits per heavy atom. The second-order valence-corrected chi connectivity index (χ2v) is 17.8. The number of piperazine rings is 1. The normalized spacial score (nSPS) is 17.5. The summed E-state index contributed by atoms with van der Waals surface area (Å²) in [7, 11) is -1.70. The number of benzene rings is 2. The van der Waals surface area contributed by atoms with Crippen LogP contribution >= 0.6 is 0 Å². The lowest BCUT2D eigenvalue weighted by Crippen LogP contribution is -2.57. The van der Waals surface area contributed by atoms with Crippen LogP contribution in [0.4, 0.5) is 10.5 Å². The molecule has 0 radical (unpaired) electrons. The fraction of sp³-hybridized carbons (Fsp3) is 0.500. The Morgan fingerprint density at radius 2 is 1.67 bits per heavy atom. The van der Waals surface area contributed by atoms with Crippen molar-refractivity contribution >= 4 is 30.9 Å². The standard InChI is InChI=1S/C30H43N3O2Si/c1-29(2,3)35-28(34)32-19-18-31(22-26(32)20-23-12-10-9-11-13-23)25-14-15-27-24(21-25)16-17-33(27)36(7,8)30(4,5)6/h9-17,21,26H,18-20,22H2,1-8H3. The fourth-order valence-corrected chi connectivity index (χ4v) is 6.86. The molecule has 0 saturated carbocycles. The van der Waals surface area contributed by atoms with Gasteiger partial charge < -0.3 is 18.8 Å². The number of aromatic nitrogens is 1. The molecular weight excluding hydrogens is 462 g/mol. The highest BCUT2D eigenvalue weighted by molar-refractivity contribution is 6.79. The van der Waals surface area contributed by atoms with Gasteiger partial charge in [-0.2, -0.15) is 0 Å². The second-order valence-electron chi connectivity index (χ2n) is 12.7. The minimum Gasteiger partial charge on any atom is -0.444 e. The van der Waals surface area contributed by atoms with Crippen LogP contribution < -0.4 is 4.90 Å². The van der Waals surface area contributed by atoms with Crippen molar-refractivity contribution in [3.8, 4) is 0 Å². The van der Waals surface area contributed by atoms with Gasteiger partial charge in [-0.05, 0) is 68.3 Å². The molecule has 1 saturated heterocycles. The molecule has 0 aliphatic carbocycles. The van der Waals surface area contributed by atoms with Gasteiger partial charge in [0, 0.05) is 36.2 Å². The smallest absolute Gasteiger partial charge is 0.410 e. The van der Waals surface area contributed by atoms with E-state index in [9.17, 15) is 4.79 Å². The zero-order valence-electron chi connectivity index (χ0n) is 23.3. The average molecular weight is 506 g/mol. The topological polar surface area (TPSA) is 37.7 Å². The summed E-state index contributed by atoms with van der Waals surface area (Å²) >= 11 is 0. The fourth-order valence-electron chi connectivity index (χ4n) is 4.89. The van der Waals surface area contributed by atoms with Gasteiger partial charge in [-0.15, -0.1) is 0 Å². The van der Waals surface area contributed by atoms with Crippen LogP contribution in [0.2, 0.25) is 18.1 Å². The quantitative estimate of drug-likeness (QED) is 0.353. The van der Waals surface area contributed by atoms with Crippen LogP contribution in [0.15, 0.2) is 60.8 Å². The number of carbonyl (C=O) groups is 1. The van der Waals surface area contributed by atoms with Crippen molar-refractivity contribution in [1.82, 2.24) is 9.13 Å². The molecule has 1 fully saturated rings. The van der Waals surface area contributed by atoms with E-state index in [1.54, 1.807) is 0 Å². The van der Waals surface area contributed by atoms with Gasteiger partial charge in [-0.3, -0.25) is 0 Å². The van der Waals surface area contributed by atoms with Crippen molar-refractivity contribution in [2.75, 3.05) is 24.5 Å². The molecule has 1 unspecified atom stereocenters. The van der Waals surface area contributed by atoms with Gasteiger partial charge in [0.15, 0.2) is 8.24 Å². The van der Waals surface area contributed by atoms with Crippen molar-refractivity contribution in [1.29, 1.82) is 0 Å². The van der Waals surface area contributed by atoms with Gasteiger partial charge in [-0.1, -0.05) is 64.2 Å². The van der Waals surface area contributed by atoms with E-state index in [1.165, 1.54) is 22.2 Å². The van der Waals surface area contributed by atoms with E-state index in [4.69, 9.17) is 4.74 Å². The van der Waals surface area contributed by atoms with Crippen LogP contribution in [0.3, 0.4) is 0 Å². The predicted octanol–water partition coefficient (Wildman–Crippen LogP) is 7.16. The number of hydrogen-bond acceptors (Lipinski definition) is 3. The molecule has 194 valence electrons. The molecule has 0 N–H and O–H groups in total. The summed E-state index contributed by atoms with van der Waals surface area (Å²) in [5.74, 6) is 0. The summed E-state index contributed by atoms with van der Waals surface area (Å²) in [6, 6.07) is 19.6. The van der Waals surface area contributed by atoms with Gasteiger partial charge in [0.25, 0.3) is 0 Å². The molecule has 1 amide bonds. The maximum Gasteiger partial charge on any atom is 0.410 e. The summed E-state index contributed by atoms with van der Waals surface area (Å²) in [6.07, 6.45) is 2.87. The Bertz CT molecular complexity index is 1200. The van der Waals surface area contributed by atoms with E-state index in [-0.39, 0.29) is 17.2 Å². The molecule has 5 nitrogen and oxygen atoms in total. The highest BCUT2D eigenvalue weighted by Gasteiger charge is 2.38. The number of amides is 1. The first kappa shape index (κ1) is 26.3. The number of rotatable bonds is 4. The van der Waals surface area contributed by atoms with Crippen molar-refractivity contribution in [3.05, 3.63) is 66.4 Å². The monoisotopic (exact) mass is 505 g/mol. The third kappa shape index (κ3) is 5.48. The first-order valence-corrected chi connectivity index (χ1v) is 16.1. The summed E-state index contributed by atoms with van der Waals surface area (Å²) in [5, 5.41) is 1.55. The zero-order valence-corrected chi connectivity index (χ0v) is 24.3. The summed E-state index contributed by atoms with van der Waals surface area (Å²) < 4.78 is 8.32. The third-order valence-electron chi connectivity index (χ3n) is 7.90. The summed E-state index contributed by atoms with van der Waals surface area (Å²) in [6.45, 7) is 20.0. The van der Waals surface area contributed by atoms with E-state index < -0.39 is 13.8 Å². The van der Waals surface area contributed by atoms with Crippen molar-refractivity contribution < 1.29 is 9.53 Å². The number of ether oxygens (including phenoxy) is 1. The van der Waals surface area contributed by atoms with Crippen LogP contribution in [0, 0.1) is 0 Å². The Labute approximate surface area is 218 Å². The van der Waals surface area contributed by atoms with Crippen LogP contribution in [0.1, 0.15) is 47.1 Å². The Balaban J connectivity index is 1.60. The van der Waals surface area contributed by atoms with Gasteiger partial charge >= 0.3 is 6.09 Å². The number of fused-ring (bicyclic) bond motifs is 1. The van der Waals surface area contributed by atoms with E-state index in [2.05, 4.69) is 97.7 Å². The average Bonchev–Trinajstić information content (AvgIpc) is 3.22. The summed E-state index contributed by atoms with van der Waals surface area (Å²) in [4.78, 5) is 17.5. The van der Waals surface area contributed by atoms with E-state index in [0.717, 1.165) is 19.5 Å². The van der Waals surface area contributed by atoms with Crippen molar-refractivity contribution in [2.45, 2.75) is 77.7 Å². The highest BCUT2D eigenvalue weighted by Crippen LogP contribution is 2.39. The number of carbonyl (C=O) groups excluding carboxylic acids is 1. The third-order valence-corrected chi connectivity index (χ3v) is 13.2. The molecule has 2 heterocycles. The van der Waals surface area contributed by atoms with Crippen molar-refractivity contribution in [2.24, 2.45) is 0 Å². The first-order valence-electron chi connectivity index (χ1n) is 13.2. The molecule has 1 aliphatic heterocycles. The lowest BCUT2D eigenvalue weighted by atomic mass is 10.0. The van der Waals surface area contributed by atoms with Crippen LogP contribution in [-0.4, -0.2) is 54.7 Å². The van der Waals surface area contributed by atoms with Crippen LogP contribution in [-0.2, 0) is 11.2 Å². The molecule has 0 bridgehead atoms. The lowest BCUT2D eigenvalue weighted by Gasteiger charge is -2.43. The zero-order chi connectivity index (χ0) is 26.3. The SMILES string of the molecule is CC(C)(C)OC(=O)N1CCN(c2ccc3c(ccn3[Si](C)(C)C(C)(C)C)c2)CC1Cc1ccccc1. The highest BCUT2D eigenvalue weighted by atomic mass is 28.3. The maximum atomic E-state index is 13.1. The predicted molar refractivity (Wildman–Crippen MR) is 154 cm³/mol. The van der Waals surface area contributed by atoms with Crippen molar-refractivity contribution in [3.63, 3.8) is 0 Å². The first-order chi connectivity index (χ1) is 16.8. The minimum atomic E-state index is -1.70. The lowest BCUT2D eigenvalue weighted by molar-refractivity contribution is 0.0141. The van der Waals surface area contributed by atoms with Gasteiger partial charge in [0.2, 0.25) is 0 Å². The molecule has 4 rings (SSSR count). The van der Waals surface area contributed by atoms with E-state index in [0.29, 0.717) is 6.54 Å². The Kier molecular flexibility index (Phi) is 7.04. The molecule has 1 aromatic heterocycles. The molecule has 2 aromatic carbocycles. The second kappa shape index (κ2) is 9.62. The van der Waals surface area contributed by atoms with E-state index in [1.807, 2.05) is 31.7 Å². The summed E-state index contributed by atoms with van der Waals surface area (Å²) in [5.41, 5.74) is 3.27. The molecule has 0 spiro atoms. The number of anilines is 1. The Morgan fingerprint density at radius 3 is 2.31 bits per heavy atom.